The minimum Gasteiger partial charge on any atom is -0.481 e. The standard InChI is InChI=1S/C15H28N4O3S/c1-12-14(15(22-5)18(4)16-12)13-8-6-9-19(13)10-7-11-23(20,21)17(2)3/h13H,6-11H2,1-5H3/t13-/m1/s1. The highest BCUT2D eigenvalue weighted by Crippen LogP contribution is 2.38. The number of aryl methyl sites for hydroxylation is 2. The molecule has 0 amide bonds. The Bertz CT molecular complexity index is 639. The smallest absolute Gasteiger partial charge is 0.216 e. The van der Waals surface area contributed by atoms with Crippen LogP contribution in [-0.4, -0.2) is 67.5 Å². The van der Waals surface area contributed by atoms with E-state index in [1.54, 1.807) is 25.9 Å². The number of methoxy groups -OCH3 is 1. The predicted molar refractivity (Wildman–Crippen MR) is 90.1 cm³/mol. The van der Waals surface area contributed by atoms with E-state index in [0.29, 0.717) is 6.42 Å². The highest BCUT2D eigenvalue weighted by Gasteiger charge is 2.32. The van der Waals surface area contributed by atoms with Gasteiger partial charge in [-0.15, -0.1) is 0 Å². The van der Waals surface area contributed by atoms with E-state index in [1.807, 2.05) is 14.0 Å². The summed E-state index contributed by atoms with van der Waals surface area (Å²) >= 11 is 0. The lowest BCUT2D eigenvalue weighted by Crippen LogP contribution is -2.29. The summed E-state index contributed by atoms with van der Waals surface area (Å²) < 4.78 is 32.4. The van der Waals surface area contributed by atoms with Crippen molar-refractivity contribution in [2.24, 2.45) is 7.05 Å². The SMILES string of the molecule is COc1c([C@H]2CCCN2CCCS(=O)(=O)N(C)C)c(C)nn1C. The van der Waals surface area contributed by atoms with Crippen LogP contribution in [0.5, 0.6) is 5.88 Å². The van der Waals surface area contributed by atoms with Gasteiger partial charge in [0.15, 0.2) is 0 Å². The summed E-state index contributed by atoms with van der Waals surface area (Å²) in [5, 5.41) is 4.47. The van der Waals surface area contributed by atoms with Gasteiger partial charge in [-0.2, -0.15) is 5.10 Å². The van der Waals surface area contributed by atoms with E-state index in [2.05, 4.69) is 10.00 Å². The number of nitrogens with zero attached hydrogens (tertiary/aromatic N) is 4. The van der Waals surface area contributed by atoms with Crippen molar-refractivity contribution in [1.29, 1.82) is 0 Å². The van der Waals surface area contributed by atoms with Crippen LogP contribution >= 0.6 is 0 Å². The Kier molecular flexibility index (Phi) is 5.70. The van der Waals surface area contributed by atoms with Gasteiger partial charge in [0.2, 0.25) is 15.9 Å². The van der Waals surface area contributed by atoms with Gasteiger partial charge in [-0.3, -0.25) is 4.90 Å². The van der Waals surface area contributed by atoms with Gasteiger partial charge in [0.1, 0.15) is 0 Å². The van der Waals surface area contributed by atoms with Crippen LogP contribution < -0.4 is 4.74 Å². The lowest BCUT2D eigenvalue weighted by Gasteiger charge is -2.25. The Labute approximate surface area is 139 Å². The van der Waals surface area contributed by atoms with Crippen LogP contribution in [0, 0.1) is 6.92 Å². The molecule has 0 N–H and O–H groups in total. The fourth-order valence-electron chi connectivity index (χ4n) is 3.33. The molecule has 1 aliphatic rings. The number of hydrogen-bond acceptors (Lipinski definition) is 5. The average Bonchev–Trinajstić information content (AvgIpc) is 3.01. The first-order chi connectivity index (χ1) is 10.8. The molecule has 2 heterocycles. The van der Waals surface area contributed by atoms with Gasteiger partial charge in [-0.25, -0.2) is 17.4 Å². The topological polar surface area (TPSA) is 67.7 Å². The molecule has 1 aromatic heterocycles. The van der Waals surface area contributed by atoms with Crippen LogP contribution in [0.1, 0.15) is 36.6 Å². The largest absolute Gasteiger partial charge is 0.481 e. The summed E-state index contributed by atoms with van der Waals surface area (Å²) in [5.41, 5.74) is 2.13. The molecule has 1 fully saturated rings. The summed E-state index contributed by atoms with van der Waals surface area (Å²) in [4.78, 5) is 2.36. The van der Waals surface area contributed by atoms with Crippen molar-refractivity contribution in [3.63, 3.8) is 0 Å². The molecule has 1 atom stereocenters. The molecule has 8 heteroatoms. The van der Waals surface area contributed by atoms with E-state index in [4.69, 9.17) is 4.74 Å². The summed E-state index contributed by atoms with van der Waals surface area (Å²) in [7, 11) is 3.60. The second kappa shape index (κ2) is 7.19. The fraction of sp³-hybridized carbons (Fsp3) is 0.800. The number of likely N-dealkylation sites (tertiary alicyclic amines) is 1. The van der Waals surface area contributed by atoms with Crippen LogP contribution in [0.4, 0.5) is 0 Å². The first-order valence-corrected chi connectivity index (χ1v) is 9.60. The highest BCUT2D eigenvalue weighted by atomic mass is 32.2. The van der Waals surface area contributed by atoms with Gasteiger partial charge < -0.3 is 4.74 Å². The lowest BCUT2D eigenvalue weighted by molar-refractivity contribution is 0.249. The summed E-state index contributed by atoms with van der Waals surface area (Å²) in [5.74, 6) is 0.993. The molecular formula is C15H28N4O3S. The minimum absolute atomic E-state index is 0.187. The van der Waals surface area contributed by atoms with Crippen LogP contribution in [0.2, 0.25) is 0 Å². The maximum atomic E-state index is 11.9. The third kappa shape index (κ3) is 3.87. The van der Waals surface area contributed by atoms with Crippen molar-refractivity contribution in [3.8, 4) is 5.88 Å². The Balaban J connectivity index is 2.07. The van der Waals surface area contributed by atoms with Crippen molar-refractivity contribution < 1.29 is 13.2 Å². The van der Waals surface area contributed by atoms with E-state index < -0.39 is 10.0 Å². The van der Waals surface area contributed by atoms with Crippen molar-refractivity contribution in [1.82, 2.24) is 19.0 Å². The first kappa shape index (κ1) is 18.2. The van der Waals surface area contributed by atoms with E-state index >= 15 is 0 Å². The van der Waals surface area contributed by atoms with Gasteiger partial charge in [0, 0.05) is 27.2 Å². The minimum atomic E-state index is -3.12. The number of ether oxygens (including phenoxy) is 1. The van der Waals surface area contributed by atoms with Crippen LogP contribution in [0.25, 0.3) is 0 Å². The fourth-order valence-corrected chi connectivity index (χ4v) is 4.19. The summed E-state index contributed by atoms with van der Waals surface area (Å²) in [6.45, 7) is 3.77. The zero-order valence-electron chi connectivity index (χ0n) is 14.7. The van der Waals surface area contributed by atoms with Gasteiger partial charge >= 0.3 is 0 Å². The zero-order valence-corrected chi connectivity index (χ0v) is 15.6. The summed E-state index contributed by atoms with van der Waals surface area (Å²) in [6, 6.07) is 0.265. The normalized spacial score (nSPS) is 19.7. The molecule has 1 aliphatic heterocycles. The Morgan fingerprint density at radius 2 is 2.09 bits per heavy atom. The molecule has 0 bridgehead atoms. The molecule has 132 valence electrons. The van der Waals surface area contributed by atoms with Gasteiger partial charge in [-0.05, 0) is 39.3 Å². The number of sulfonamides is 1. The second-order valence-electron chi connectivity index (χ2n) is 6.28. The first-order valence-electron chi connectivity index (χ1n) is 7.99. The molecule has 0 aliphatic carbocycles. The molecule has 0 spiro atoms. The average molecular weight is 344 g/mol. The molecule has 7 nitrogen and oxygen atoms in total. The van der Waals surface area contributed by atoms with E-state index in [9.17, 15) is 8.42 Å². The van der Waals surface area contributed by atoms with Crippen LogP contribution in [0.3, 0.4) is 0 Å². The predicted octanol–water partition coefficient (Wildman–Crippen LogP) is 1.16. The molecule has 0 radical (unpaired) electrons. The van der Waals surface area contributed by atoms with E-state index in [0.717, 1.165) is 43.1 Å². The Hall–Kier alpha value is -1.12. The van der Waals surface area contributed by atoms with E-state index in [1.165, 1.54) is 4.31 Å². The third-order valence-electron chi connectivity index (χ3n) is 4.51. The van der Waals surface area contributed by atoms with Gasteiger partial charge in [0.25, 0.3) is 0 Å². The molecular weight excluding hydrogens is 316 g/mol. The lowest BCUT2D eigenvalue weighted by atomic mass is 10.0. The van der Waals surface area contributed by atoms with Crippen LogP contribution in [0.15, 0.2) is 0 Å². The van der Waals surface area contributed by atoms with E-state index in [-0.39, 0.29) is 11.8 Å². The maximum Gasteiger partial charge on any atom is 0.216 e. The highest BCUT2D eigenvalue weighted by molar-refractivity contribution is 7.89. The van der Waals surface area contributed by atoms with Gasteiger partial charge in [0.05, 0.1) is 24.1 Å². The molecule has 0 unspecified atom stereocenters. The molecule has 0 aromatic carbocycles. The van der Waals surface area contributed by atoms with Crippen molar-refractivity contribution in [3.05, 3.63) is 11.3 Å². The third-order valence-corrected chi connectivity index (χ3v) is 6.43. The quantitative estimate of drug-likeness (QED) is 0.742. The molecule has 0 saturated carbocycles. The number of aromatic nitrogens is 2. The molecule has 1 aromatic rings. The van der Waals surface area contributed by atoms with Crippen molar-refractivity contribution in [2.75, 3.05) is 40.0 Å². The number of rotatable bonds is 7. The van der Waals surface area contributed by atoms with Gasteiger partial charge in [-0.1, -0.05) is 0 Å². The Morgan fingerprint density at radius 3 is 2.70 bits per heavy atom. The molecule has 1 saturated heterocycles. The number of hydrogen-bond donors (Lipinski definition) is 0. The monoisotopic (exact) mass is 344 g/mol. The summed E-state index contributed by atoms with van der Waals surface area (Å²) in [6.07, 6.45) is 2.81. The van der Waals surface area contributed by atoms with Crippen LogP contribution in [-0.2, 0) is 17.1 Å². The van der Waals surface area contributed by atoms with Crippen molar-refractivity contribution >= 4 is 10.0 Å². The molecule has 2 rings (SSSR count). The Morgan fingerprint density at radius 1 is 1.39 bits per heavy atom. The van der Waals surface area contributed by atoms with Crippen molar-refractivity contribution in [2.45, 2.75) is 32.2 Å². The molecule has 23 heavy (non-hydrogen) atoms. The maximum absolute atomic E-state index is 11.9. The zero-order chi connectivity index (χ0) is 17.2. The second-order valence-corrected chi connectivity index (χ2v) is 8.58.